The Labute approximate surface area is 171 Å². The van der Waals surface area contributed by atoms with Crippen molar-refractivity contribution in [2.75, 3.05) is 42.8 Å². The van der Waals surface area contributed by atoms with E-state index in [4.69, 9.17) is 9.47 Å². The van der Waals surface area contributed by atoms with Crippen LogP contribution in [-0.4, -0.2) is 44.8 Å². The zero-order valence-corrected chi connectivity index (χ0v) is 17.1. The lowest BCUT2D eigenvalue weighted by molar-refractivity contribution is -0.116. The van der Waals surface area contributed by atoms with Gasteiger partial charge in [-0.05, 0) is 56.3 Å². The first-order valence-corrected chi connectivity index (χ1v) is 9.84. The zero-order valence-electron chi connectivity index (χ0n) is 17.1. The van der Waals surface area contributed by atoms with Gasteiger partial charge in [-0.25, -0.2) is 0 Å². The van der Waals surface area contributed by atoms with Gasteiger partial charge in [0.25, 0.3) is 5.91 Å². The molecule has 0 saturated heterocycles. The smallest absolute Gasteiger partial charge is 0.251 e. The average Bonchev–Trinajstić information content (AvgIpc) is 3.20. The van der Waals surface area contributed by atoms with Crippen LogP contribution < -0.4 is 24.6 Å². The summed E-state index contributed by atoms with van der Waals surface area (Å²) in [7, 11) is 0. The number of fused-ring (bicyclic) bond motifs is 1. The molecule has 0 spiro atoms. The average molecular weight is 397 g/mol. The van der Waals surface area contributed by atoms with Crippen LogP contribution in [0, 0.1) is 0 Å². The molecule has 0 unspecified atom stereocenters. The van der Waals surface area contributed by atoms with E-state index in [2.05, 4.69) is 24.1 Å². The van der Waals surface area contributed by atoms with Crippen LogP contribution in [0.5, 0.6) is 11.5 Å². The van der Waals surface area contributed by atoms with E-state index in [9.17, 15) is 9.59 Å². The van der Waals surface area contributed by atoms with E-state index < -0.39 is 0 Å². The van der Waals surface area contributed by atoms with E-state index in [1.54, 1.807) is 23.1 Å². The third-order valence-corrected chi connectivity index (χ3v) is 4.93. The van der Waals surface area contributed by atoms with Crippen molar-refractivity contribution in [2.24, 2.45) is 0 Å². The van der Waals surface area contributed by atoms with E-state index in [1.807, 2.05) is 24.3 Å². The number of hydrogen-bond acceptors (Lipinski definition) is 5. The van der Waals surface area contributed by atoms with Crippen LogP contribution in [0.15, 0.2) is 42.5 Å². The molecule has 7 nitrogen and oxygen atoms in total. The normalized spacial score (nSPS) is 11.8. The van der Waals surface area contributed by atoms with E-state index in [0.717, 1.165) is 24.5 Å². The van der Waals surface area contributed by atoms with Crippen molar-refractivity contribution in [1.82, 2.24) is 5.32 Å². The summed E-state index contributed by atoms with van der Waals surface area (Å²) < 4.78 is 10.6. The van der Waals surface area contributed by atoms with Crippen LogP contribution in [-0.2, 0) is 4.79 Å². The molecule has 3 rings (SSSR count). The monoisotopic (exact) mass is 397 g/mol. The standard InChI is InChI=1S/C22H27N3O4/c1-4-24(5-2)18-7-9-19(10-8-18)25(16(3)26)13-12-23-22(27)17-6-11-20-21(14-17)29-15-28-20/h6-11,14H,4-5,12-13,15H2,1-3H3,(H,23,27). The Bertz CT molecular complexity index is 863. The predicted molar refractivity (Wildman–Crippen MR) is 113 cm³/mol. The Balaban J connectivity index is 1.59. The number of nitrogens with one attached hydrogen (secondary N) is 1. The van der Waals surface area contributed by atoms with Gasteiger partial charge < -0.3 is 24.6 Å². The van der Waals surface area contributed by atoms with Gasteiger partial charge in [0, 0.05) is 50.0 Å². The molecule has 0 fully saturated rings. The molecule has 2 aromatic rings. The second-order valence-corrected chi connectivity index (χ2v) is 6.68. The van der Waals surface area contributed by atoms with Crippen molar-refractivity contribution in [1.29, 1.82) is 0 Å². The Kier molecular flexibility index (Phi) is 6.59. The third kappa shape index (κ3) is 4.80. The predicted octanol–water partition coefficient (Wildman–Crippen LogP) is 3.04. The number of carbonyl (C=O) groups is 2. The molecule has 1 aliphatic rings. The highest BCUT2D eigenvalue weighted by atomic mass is 16.7. The van der Waals surface area contributed by atoms with Crippen molar-refractivity contribution in [3.05, 3.63) is 48.0 Å². The van der Waals surface area contributed by atoms with Gasteiger partial charge in [-0.15, -0.1) is 0 Å². The van der Waals surface area contributed by atoms with Crippen LogP contribution in [0.3, 0.4) is 0 Å². The fraction of sp³-hybridized carbons (Fsp3) is 0.364. The first-order chi connectivity index (χ1) is 14.0. The van der Waals surface area contributed by atoms with Gasteiger partial charge in [-0.1, -0.05) is 0 Å². The Morgan fingerprint density at radius 3 is 2.28 bits per heavy atom. The third-order valence-electron chi connectivity index (χ3n) is 4.93. The van der Waals surface area contributed by atoms with Crippen LogP contribution in [0.25, 0.3) is 0 Å². The van der Waals surface area contributed by atoms with Gasteiger partial charge in [-0.2, -0.15) is 0 Å². The van der Waals surface area contributed by atoms with E-state index in [-0.39, 0.29) is 18.6 Å². The van der Waals surface area contributed by atoms with Crippen LogP contribution in [0.2, 0.25) is 0 Å². The van der Waals surface area contributed by atoms with Crippen molar-refractivity contribution in [3.63, 3.8) is 0 Å². The summed E-state index contributed by atoms with van der Waals surface area (Å²) in [6.45, 7) is 8.50. The maximum absolute atomic E-state index is 12.4. The topological polar surface area (TPSA) is 71.1 Å². The molecule has 0 radical (unpaired) electrons. The van der Waals surface area contributed by atoms with E-state index in [0.29, 0.717) is 30.2 Å². The van der Waals surface area contributed by atoms with Gasteiger partial charge in [0.15, 0.2) is 11.5 Å². The van der Waals surface area contributed by atoms with Crippen molar-refractivity contribution in [3.8, 4) is 11.5 Å². The maximum Gasteiger partial charge on any atom is 0.251 e. The summed E-state index contributed by atoms with van der Waals surface area (Å²) in [6.07, 6.45) is 0. The Morgan fingerprint density at radius 1 is 0.966 bits per heavy atom. The minimum atomic E-state index is -0.219. The summed E-state index contributed by atoms with van der Waals surface area (Å²) in [4.78, 5) is 28.4. The highest BCUT2D eigenvalue weighted by molar-refractivity contribution is 5.95. The molecular weight excluding hydrogens is 370 g/mol. The summed E-state index contributed by atoms with van der Waals surface area (Å²) >= 11 is 0. The fourth-order valence-electron chi connectivity index (χ4n) is 3.32. The van der Waals surface area contributed by atoms with Gasteiger partial charge in [-0.3, -0.25) is 9.59 Å². The van der Waals surface area contributed by atoms with Crippen LogP contribution in [0.1, 0.15) is 31.1 Å². The van der Waals surface area contributed by atoms with E-state index in [1.165, 1.54) is 6.92 Å². The fourth-order valence-corrected chi connectivity index (χ4v) is 3.32. The second kappa shape index (κ2) is 9.32. The molecule has 7 heteroatoms. The maximum atomic E-state index is 12.4. The lowest BCUT2D eigenvalue weighted by atomic mass is 10.2. The summed E-state index contributed by atoms with van der Waals surface area (Å²) in [5, 5.41) is 2.86. The number of benzene rings is 2. The summed E-state index contributed by atoms with van der Waals surface area (Å²) in [5.74, 6) is 0.912. The molecule has 0 aliphatic carbocycles. The number of nitrogens with zero attached hydrogens (tertiary/aromatic N) is 2. The highest BCUT2D eigenvalue weighted by Crippen LogP contribution is 2.32. The molecule has 154 valence electrons. The number of anilines is 2. The molecule has 0 saturated carbocycles. The number of carbonyl (C=O) groups excluding carboxylic acids is 2. The molecule has 29 heavy (non-hydrogen) atoms. The molecular formula is C22H27N3O4. The first kappa shape index (κ1) is 20.5. The first-order valence-electron chi connectivity index (χ1n) is 9.84. The molecule has 0 bridgehead atoms. The number of rotatable bonds is 8. The lowest BCUT2D eigenvalue weighted by Gasteiger charge is -2.24. The van der Waals surface area contributed by atoms with Gasteiger partial charge in [0.2, 0.25) is 12.7 Å². The lowest BCUT2D eigenvalue weighted by Crippen LogP contribution is -2.37. The van der Waals surface area contributed by atoms with Gasteiger partial charge >= 0.3 is 0 Å². The quantitative estimate of drug-likeness (QED) is 0.741. The molecule has 0 aromatic heterocycles. The van der Waals surface area contributed by atoms with Crippen molar-refractivity contribution < 1.29 is 19.1 Å². The van der Waals surface area contributed by atoms with Crippen molar-refractivity contribution in [2.45, 2.75) is 20.8 Å². The van der Waals surface area contributed by atoms with Crippen molar-refractivity contribution >= 4 is 23.2 Å². The van der Waals surface area contributed by atoms with E-state index >= 15 is 0 Å². The molecule has 1 aliphatic heterocycles. The summed E-state index contributed by atoms with van der Waals surface area (Å²) in [6, 6.07) is 13.0. The minimum Gasteiger partial charge on any atom is -0.454 e. The highest BCUT2D eigenvalue weighted by Gasteiger charge is 2.17. The second-order valence-electron chi connectivity index (χ2n) is 6.68. The van der Waals surface area contributed by atoms with Gasteiger partial charge in [0.1, 0.15) is 0 Å². The largest absolute Gasteiger partial charge is 0.454 e. The Hall–Kier alpha value is -3.22. The number of hydrogen-bond donors (Lipinski definition) is 1. The Morgan fingerprint density at radius 2 is 1.62 bits per heavy atom. The number of ether oxygens (including phenoxy) is 2. The number of amides is 2. The molecule has 2 aromatic carbocycles. The van der Waals surface area contributed by atoms with Crippen LogP contribution in [0.4, 0.5) is 11.4 Å². The molecule has 1 heterocycles. The molecule has 1 N–H and O–H groups in total. The minimum absolute atomic E-state index is 0.0714. The molecule has 2 amide bonds. The van der Waals surface area contributed by atoms with Gasteiger partial charge in [0.05, 0.1) is 0 Å². The SMILES string of the molecule is CCN(CC)c1ccc(N(CCNC(=O)c2ccc3c(c2)OCO3)C(C)=O)cc1. The van der Waals surface area contributed by atoms with Crippen LogP contribution >= 0.6 is 0 Å². The molecule has 0 atom stereocenters. The summed E-state index contributed by atoms with van der Waals surface area (Å²) in [5.41, 5.74) is 2.43. The zero-order chi connectivity index (χ0) is 20.8.